The topological polar surface area (TPSA) is 33.7 Å². The number of likely N-dealkylation sites (N-methyl/N-ethyl adjacent to an activating group) is 1. The third-order valence-corrected chi connectivity index (χ3v) is 4.80. The quantitative estimate of drug-likeness (QED) is 0.616. The van der Waals surface area contributed by atoms with Gasteiger partial charge in [-0.2, -0.15) is 0 Å². The minimum atomic E-state index is 0.327. The molecule has 4 nitrogen and oxygen atoms in total. The molecule has 0 aromatic rings. The molecule has 0 bridgehead atoms. The third-order valence-electron chi connectivity index (χ3n) is 4.80. The van der Waals surface area contributed by atoms with Crippen molar-refractivity contribution in [1.29, 1.82) is 0 Å². The van der Waals surface area contributed by atoms with Crippen LogP contribution < -0.4 is 5.32 Å². The highest BCUT2D eigenvalue weighted by Crippen LogP contribution is 2.31. The van der Waals surface area contributed by atoms with Crippen LogP contribution in [0.4, 0.5) is 0 Å². The summed E-state index contributed by atoms with van der Waals surface area (Å²) in [6.07, 6.45) is 6.68. The number of nitrogens with one attached hydrogen (secondary N) is 1. The summed E-state index contributed by atoms with van der Waals surface area (Å²) in [7, 11) is 2.22. The van der Waals surface area contributed by atoms with E-state index in [9.17, 15) is 0 Å². The Morgan fingerprint density at radius 1 is 1.30 bits per heavy atom. The highest BCUT2D eigenvalue weighted by Gasteiger charge is 2.37. The van der Waals surface area contributed by atoms with Gasteiger partial charge in [-0.25, -0.2) is 0 Å². The van der Waals surface area contributed by atoms with E-state index in [4.69, 9.17) is 9.47 Å². The van der Waals surface area contributed by atoms with Crippen LogP contribution in [0.25, 0.3) is 0 Å². The van der Waals surface area contributed by atoms with E-state index in [0.717, 1.165) is 58.0 Å². The molecule has 0 radical (unpaired) electrons. The van der Waals surface area contributed by atoms with Crippen LogP contribution in [-0.4, -0.2) is 64.1 Å². The van der Waals surface area contributed by atoms with Crippen LogP contribution in [-0.2, 0) is 9.47 Å². The van der Waals surface area contributed by atoms with Gasteiger partial charge in [0.1, 0.15) is 0 Å². The Morgan fingerprint density at radius 2 is 2.15 bits per heavy atom. The molecular formula is C16H30N2O2. The number of hydrogen-bond donors (Lipinski definition) is 1. The van der Waals surface area contributed by atoms with E-state index in [-0.39, 0.29) is 0 Å². The van der Waals surface area contributed by atoms with Crippen molar-refractivity contribution in [1.82, 2.24) is 10.2 Å². The van der Waals surface area contributed by atoms with Crippen LogP contribution in [0.15, 0.2) is 0 Å². The van der Waals surface area contributed by atoms with E-state index in [0.29, 0.717) is 5.41 Å². The van der Waals surface area contributed by atoms with Crippen molar-refractivity contribution >= 4 is 0 Å². The lowest BCUT2D eigenvalue weighted by molar-refractivity contribution is 0.0782. The normalized spacial score (nSPS) is 30.3. The minimum absolute atomic E-state index is 0.327. The molecule has 116 valence electrons. The van der Waals surface area contributed by atoms with Crippen molar-refractivity contribution in [2.24, 2.45) is 11.3 Å². The van der Waals surface area contributed by atoms with Gasteiger partial charge >= 0.3 is 0 Å². The van der Waals surface area contributed by atoms with E-state index in [1.807, 2.05) is 0 Å². The van der Waals surface area contributed by atoms with Gasteiger partial charge in [-0.15, -0.1) is 0 Å². The van der Waals surface area contributed by atoms with Crippen LogP contribution in [0.2, 0.25) is 0 Å². The maximum atomic E-state index is 5.75. The Kier molecular flexibility index (Phi) is 4.97. The SMILES string of the molecule is CN(CCOCC1CC1)CC1(CNC2CC2)CCOC1. The van der Waals surface area contributed by atoms with Crippen molar-refractivity contribution in [3.8, 4) is 0 Å². The lowest BCUT2D eigenvalue weighted by atomic mass is 9.86. The van der Waals surface area contributed by atoms with Gasteiger partial charge in [-0.1, -0.05) is 0 Å². The van der Waals surface area contributed by atoms with E-state index in [1.165, 1.54) is 32.1 Å². The summed E-state index contributed by atoms with van der Waals surface area (Å²) < 4.78 is 11.4. The van der Waals surface area contributed by atoms with Gasteiger partial charge in [0, 0.05) is 44.3 Å². The van der Waals surface area contributed by atoms with Crippen LogP contribution in [0.5, 0.6) is 0 Å². The smallest absolute Gasteiger partial charge is 0.0593 e. The lowest BCUT2D eigenvalue weighted by Gasteiger charge is -2.32. The Balaban J connectivity index is 1.35. The van der Waals surface area contributed by atoms with Crippen molar-refractivity contribution in [3.05, 3.63) is 0 Å². The highest BCUT2D eigenvalue weighted by atomic mass is 16.5. The van der Waals surface area contributed by atoms with Gasteiger partial charge < -0.3 is 19.7 Å². The molecule has 2 aliphatic carbocycles. The molecule has 1 aliphatic heterocycles. The van der Waals surface area contributed by atoms with Crippen molar-refractivity contribution in [2.75, 3.05) is 53.1 Å². The molecule has 2 saturated carbocycles. The molecule has 1 atom stereocenters. The standard InChI is InChI=1S/C16H30N2O2/c1-18(7-9-19-10-14-2-3-14)12-16(6-8-20-13-16)11-17-15-4-5-15/h14-15,17H,2-13H2,1H3. The van der Waals surface area contributed by atoms with E-state index < -0.39 is 0 Å². The number of hydrogen-bond acceptors (Lipinski definition) is 4. The van der Waals surface area contributed by atoms with Crippen molar-refractivity contribution < 1.29 is 9.47 Å². The molecule has 3 aliphatic rings. The summed E-state index contributed by atoms with van der Waals surface area (Å²) in [5, 5.41) is 3.70. The first-order chi connectivity index (χ1) is 9.76. The van der Waals surface area contributed by atoms with Gasteiger partial charge in [0.2, 0.25) is 0 Å². The molecule has 3 fully saturated rings. The summed E-state index contributed by atoms with van der Waals surface area (Å²) in [5.41, 5.74) is 0.327. The second-order valence-corrected chi connectivity index (χ2v) is 7.21. The van der Waals surface area contributed by atoms with Crippen LogP contribution in [0.1, 0.15) is 32.1 Å². The monoisotopic (exact) mass is 282 g/mol. The first-order valence-corrected chi connectivity index (χ1v) is 8.33. The molecule has 1 heterocycles. The fraction of sp³-hybridized carbons (Fsp3) is 1.00. The molecule has 0 aromatic carbocycles. The Bertz CT molecular complexity index is 297. The summed E-state index contributed by atoms with van der Waals surface area (Å²) >= 11 is 0. The highest BCUT2D eigenvalue weighted by molar-refractivity contribution is 4.91. The van der Waals surface area contributed by atoms with Crippen LogP contribution >= 0.6 is 0 Å². The maximum absolute atomic E-state index is 5.75. The molecule has 0 amide bonds. The number of rotatable bonds is 10. The average Bonchev–Trinajstić information content (AvgIpc) is 3.35. The van der Waals surface area contributed by atoms with Gasteiger partial charge in [-0.05, 0) is 45.1 Å². The van der Waals surface area contributed by atoms with Gasteiger partial charge in [-0.3, -0.25) is 0 Å². The summed E-state index contributed by atoms with van der Waals surface area (Å²) in [6, 6.07) is 0.791. The fourth-order valence-electron chi connectivity index (χ4n) is 3.02. The third kappa shape index (κ3) is 4.69. The average molecular weight is 282 g/mol. The fourth-order valence-corrected chi connectivity index (χ4v) is 3.02. The number of nitrogens with zero attached hydrogens (tertiary/aromatic N) is 1. The molecule has 20 heavy (non-hydrogen) atoms. The zero-order valence-corrected chi connectivity index (χ0v) is 12.9. The predicted molar refractivity (Wildman–Crippen MR) is 79.9 cm³/mol. The Morgan fingerprint density at radius 3 is 2.80 bits per heavy atom. The predicted octanol–water partition coefficient (Wildman–Crippen LogP) is 1.50. The maximum Gasteiger partial charge on any atom is 0.0593 e. The number of ether oxygens (including phenoxy) is 2. The molecule has 1 saturated heterocycles. The van der Waals surface area contributed by atoms with Crippen LogP contribution in [0, 0.1) is 11.3 Å². The zero-order chi connectivity index (χ0) is 13.8. The molecule has 3 rings (SSSR count). The summed E-state index contributed by atoms with van der Waals surface area (Å²) in [6.45, 7) is 6.98. The van der Waals surface area contributed by atoms with Gasteiger partial charge in [0.25, 0.3) is 0 Å². The molecule has 0 aromatic heterocycles. The van der Waals surface area contributed by atoms with Crippen molar-refractivity contribution in [3.63, 3.8) is 0 Å². The van der Waals surface area contributed by atoms with E-state index >= 15 is 0 Å². The Hall–Kier alpha value is -0.160. The zero-order valence-electron chi connectivity index (χ0n) is 12.9. The second kappa shape index (κ2) is 6.73. The molecule has 0 spiro atoms. The first-order valence-electron chi connectivity index (χ1n) is 8.33. The molecule has 1 N–H and O–H groups in total. The van der Waals surface area contributed by atoms with E-state index in [1.54, 1.807) is 0 Å². The van der Waals surface area contributed by atoms with Crippen LogP contribution in [0.3, 0.4) is 0 Å². The summed E-state index contributed by atoms with van der Waals surface area (Å²) in [4.78, 5) is 2.43. The largest absolute Gasteiger partial charge is 0.381 e. The molecule has 1 unspecified atom stereocenters. The molecular weight excluding hydrogens is 252 g/mol. The van der Waals surface area contributed by atoms with Crippen molar-refractivity contribution in [2.45, 2.75) is 38.1 Å². The van der Waals surface area contributed by atoms with Gasteiger partial charge in [0.15, 0.2) is 0 Å². The second-order valence-electron chi connectivity index (χ2n) is 7.21. The summed E-state index contributed by atoms with van der Waals surface area (Å²) in [5.74, 6) is 0.873. The molecule has 4 heteroatoms. The van der Waals surface area contributed by atoms with Gasteiger partial charge in [0.05, 0.1) is 13.2 Å². The Labute approximate surface area is 123 Å². The lowest BCUT2D eigenvalue weighted by Crippen LogP contribution is -2.44. The van der Waals surface area contributed by atoms with E-state index in [2.05, 4.69) is 17.3 Å². The minimum Gasteiger partial charge on any atom is -0.381 e. The first kappa shape index (κ1) is 14.8.